The summed E-state index contributed by atoms with van der Waals surface area (Å²) < 4.78 is 0. The number of carbonyl (C=O) groups excluding carboxylic acids is 1. The number of aliphatic carboxylic acids is 1. The van der Waals surface area contributed by atoms with Gasteiger partial charge in [0, 0.05) is 36.0 Å². The maximum atomic E-state index is 12.9. The molecule has 130 valence electrons. The Labute approximate surface area is 145 Å². The van der Waals surface area contributed by atoms with Crippen molar-refractivity contribution in [1.82, 2.24) is 0 Å². The van der Waals surface area contributed by atoms with Crippen molar-refractivity contribution in [2.75, 3.05) is 17.7 Å². The molecule has 2 aromatic rings. The largest absolute Gasteiger partial charge is 0.481 e. The van der Waals surface area contributed by atoms with E-state index in [1.165, 1.54) is 6.34 Å². The van der Waals surface area contributed by atoms with Gasteiger partial charge in [0.2, 0.25) is 0 Å². The molecule has 0 spiro atoms. The number of rotatable bonds is 8. The van der Waals surface area contributed by atoms with Crippen molar-refractivity contribution < 1.29 is 14.7 Å². The number of anilines is 2. The van der Waals surface area contributed by atoms with Crippen molar-refractivity contribution in [1.29, 1.82) is 0 Å². The Morgan fingerprint density at radius 2 is 2.00 bits per heavy atom. The predicted octanol–water partition coefficient (Wildman–Crippen LogP) is 2.29. The van der Waals surface area contributed by atoms with Crippen LogP contribution in [0.3, 0.4) is 0 Å². The highest BCUT2D eigenvalue weighted by molar-refractivity contribution is 6.13. The summed E-state index contributed by atoms with van der Waals surface area (Å²) in [6.07, 6.45) is 1.68. The smallest absolute Gasteiger partial charge is 0.303 e. The first-order valence-electron chi connectivity index (χ1n) is 7.71. The zero-order valence-corrected chi connectivity index (χ0v) is 13.8. The molecular weight excluding hydrogens is 320 g/mol. The topological polar surface area (TPSA) is 117 Å². The fourth-order valence-corrected chi connectivity index (χ4v) is 2.55. The Morgan fingerprint density at radius 3 is 2.68 bits per heavy atom. The second kappa shape index (κ2) is 8.49. The molecule has 0 aliphatic heterocycles. The number of hydrazone groups is 1. The quantitative estimate of drug-likeness (QED) is 0.193. The molecule has 0 saturated heterocycles. The van der Waals surface area contributed by atoms with Crippen molar-refractivity contribution in [2.45, 2.75) is 12.8 Å². The maximum Gasteiger partial charge on any atom is 0.303 e. The van der Waals surface area contributed by atoms with Crippen molar-refractivity contribution in [3.8, 4) is 0 Å². The van der Waals surface area contributed by atoms with Crippen LogP contribution in [0.2, 0.25) is 0 Å². The lowest BCUT2D eigenvalue weighted by Gasteiger charge is -2.14. The molecule has 0 aromatic heterocycles. The standard InChI is InChI=1S/C18H20N4O3/c1-20-17-12(8-9-16(23)24)4-3-7-15(17)18(25)13-5-2-6-14(10-13)21-11-22-19/h2-7,10-11,20H,8-9,19H2,1H3,(H,21,22)(H,23,24). The summed E-state index contributed by atoms with van der Waals surface area (Å²) in [5.41, 5.74) is 3.13. The molecule has 5 N–H and O–H groups in total. The molecule has 0 radical (unpaired) electrons. The van der Waals surface area contributed by atoms with Gasteiger partial charge in [-0.15, -0.1) is 0 Å². The van der Waals surface area contributed by atoms with E-state index < -0.39 is 5.97 Å². The predicted molar refractivity (Wildman–Crippen MR) is 98.1 cm³/mol. The van der Waals surface area contributed by atoms with Crippen LogP contribution in [0, 0.1) is 0 Å². The minimum Gasteiger partial charge on any atom is -0.481 e. The second-order valence-electron chi connectivity index (χ2n) is 5.32. The number of nitrogens with one attached hydrogen (secondary N) is 2. The van der Waals surface area contributed by atoms with Gasteiger partial charge in [0.25, 0.3) is 0 Å². The molecule has 7 nitrogen and oxygen atoms in total. The minimum atomic E-state index is -0.876. The molecule has 0 saturated carbocycles. The van der Waals surface area contributed by atoms with E-state index in [-0.39, 0.29) is 12.2 Å². The number of hydrogen-bond donors (Lipinski definition) is 4. The number of carboxylic acids is 1. The van der Waals surface area contributed by atoms with Gasteiger partial charge in [-0.3, -0.25) is 9.59 Å². The number of nitrogens with zero attached hydrogens (tertiary/aromatic N) is 1. The van der Waals surface area contributed by atoms with Crippen molar-refractivity contribution >= 4 is 29.5 Å². The van der Waals surface area contributed by atoms with E-state index in [2.05, 4.69) is 15.7 Å². The van der Waals surface area contributed by atoms with Crippen molar-refractivity contribution in [3.63, 3.8) is 0 Å². The molecule has 0 aliphatic carbocycles. The fraction of sp³-hybridized carbons (Fsp3) is 0.167. The van der Waals surface area contributed by atoms with Crippen LogP contribution in [0.5, 0.6) is 0 Å². The number of ketones is 1. The molecule has 25 heavy (non-hydrogen) atoms. The number of carboxylic acid groups (broad SMARTS) is 1. The van der Waals surface area contributed by atoms with Gasteiger partial charge in [0.1, 0.15) is 6.34 Å². The number of aryl methyl sites for hydroxylation is 1. The molecule has 2 aromatic carbocycles. The number of benzene rings is 2. The number of carbonyl (C=O) groups is 2. The molecule has 0 heterocycles. The van der Waals surface area contributed by atoms with Crippen LogP contribution in [0.1, 0.15) is 27.9 Å². The highest BCUT2D eigenvalue weighted by atomic mass is 16.4. The molecule has 0 bridgehead atoms. The van der Waals surface area contributed by atoms with Crippen LogP contribution < -0.4 is 16.5 Å². The minimum absolute atomic E-state index is 0.00412. The Hall–Kier alpha value is -3.35. The SMILES string of the molecule is CNc1c(CCC(=O)O)cccc1C(=O)c1cccc(NC=NN)c1. The zero-order valence-electron chi connectivity index (χ0n) is 13.8. The Kier molecular flexibility index (Phi) is 6.11. The summed E-state index contributed by atoms with van der Waals surface area (Å²) in [6, 6.07) is 12.3. The third-order valence-corrected chi connectivity index (χ3v) is 3.68. The molecule has 0 unspecified atom stereocenters. The summed E-state index contributed by atoms with van der Waals surface area (Å²) in [4.78, 5) is 23.7. The first-order chi connectivity index (χ1) is 12.1. The van der Waals surface area contributed by atoms with E-state index in [1.807, 2.05) is 6.07 Å². The van der Waals surface area contributed by atoms with E-state index in [0.717, 1.165) is 5.56 Å². The monoisotopic (exact) mass is 340 g/mol. The van der Waals surface area contributed by atoms with Gasteiger partial charge < -0.3 is 21.6 Å². The average Bonchev–Trinajstić information content (AvgIpc) is 2.63. The Bertz CT molecular complexity index is 803. The molecule has 0 amide bonds. The highest BCUT2D eigenvalue weighted by Gasteiger charge is 2.16. The molecule has 7 heteroatoms. The van der Waals surface area contributed by atoms with Crippen molar-refractivity contribution in [2.24, 2.45) is 10.9 Å². The molecule has 0 fully saturated rings. The summed E-state index contributed by atoms with van der Waals surface area (Å²) in [7, 11) is 1.71. The van der Waals surface area contributed by atoms with Crippen molar-refractivity contribution in [3.05, 3.63) is 59.2 Å². The van der Waals surface area contributed by atoms with Gasteiger partial charge in [-0.1, -0.05) is 24.3 Å². The summed E-state index contributed by atoms with van der Waals surface area (Å²) in [5.74, 6) is 4.03. The third kappa shape index (κ3) is 4.57. The summed E-state index contributed by atoms with van der Waals surface area (Å²) in [6.45, 7) is 0. The number of hydrogen-bond acceptors (Lipinski definition) is 5. The highest BCUT2D eigenvalue weighted by Crippen LogP contribution is 2.25. The van der Waals surface area contributed by atoms with E-state index in [9.17, 15) is 9.59 Å². The van der Waals surface area contributed by atoms with Crippen LogP contribution in [0.25, 0.3) is 0 Å². The van der Waals surface area contributed by atoms with Gasteiger partial charge in [-0.2, -0.15) is 5.10 Å². The van der Waals surface area contributed by atoms with Gasteiger partial charge >= 0.3 is 5.97 Å². The maximum absolute atomic E-state index is 12.9. The number of para-hydroxylation sites is 1. The summed E-state index contributed by atoms with van der Waals surface area (Å²) >= 11 is 0. The van der Waals surface area contributed by atoms with E-state index in [4.69, 9.17) is 10.9 Å². The lowest BCUT2D eigenvalue weighted by Crippen LogP contribution is -2.09. The van der Waals surface area contributed by atoms with Crippen LogP contribution >= 0.6 is 0 Å². The van der Waals surface area contributed by atoms with Crippen LogP contribution in [0.4, 0.5) is 11.4 Å². The lowest BCUT2D eigenvalue weighted by molar-refractivity contribution is -0.136. The van der Waals surface area contributed by atoms with Crippen LogP contribution in [-0.4, -0.2) is 30.2 Å². The first-order valence-corrected chi connectivity index (χ1v) is 7.71. The molecule has 0 atom stereocenters. The Balaban J connectivity index is 2.35. The van der Waals surface area contributed by atoms with Crippen LogP contribution in [0.15, 0.2) is 47.6 Å². The van der Waals surface area contributed by atoms with Gasteiger partial charge in [0.15, 0.2) is 5.78 Å². The van der Waals surface area contributed by atoms with E-state index >= 15 is 0 Å². The van der Waals surface area contributed by atoms with E-state index in [0.29, 0.717) is 28.9 Å². The van der Waals surface area contributed by atoms with Gasteiger partial charge in [-0.25, -0.2) is 0 Å². The van der Waals surface area contributed by atoms with E-state index in [1.54, 1.807) is 43.4 Å². The summed E-state index contributed by atoms with van der Waals surface area (Å²) in [5, 5.41) is 18.1. The molecule has 0 aliphatic rings. The zero-order chi connectivity index (χ0) is 18.2. The normalized spacial score (nSPS) is 10.6. The Morgan fingerprint density at radius 1 is 1.24 bits per heavy atom. The number of nitrogens with two attached hydrogens (primary N) is 1. The third-order valence-electron chi connectivity index (χ3n) is 3.68. The lowest BCUT2D eigenvalue weighted by atomic mass is 9.96. The first kappa shape index (κ1) is 18.0. The van der Waals surface area contributed by atoms with Gasteiger partial charge in [0.05, 0.1) is 0 Å². The van der Waals surface area contributed by atoms with Crippen LogP contribution in [-0.2, 0) is 11.2 Å². The second-order valence-corrected chi connectivity index (χ2v) is 5.32. The van der Waals surface area contributed by atoms with Gasteiger partial charge in [-0.05, 0) is 30.2 Å². The molecule has 2 rings (SSSR count). The fourth-order valence-electron chi connectivity index (χ4n) is 2.55. The average molecular weight is 340 g/mol. The molecular formula is C18H20N4O3.